The maximum absolute atomic E-state index is 11.4. The molecule has 7 heteroatoms. The third-order valence-electron chi connectivity index (χ3n) is 3.02. The van der Waals surface area contributed by atoms with E-state index >= 15 is 0 Å². The number of aromatic nitrogens is 1. The normalized spacial score (nSPS) is 19.4. The highest BCUT2D eigenvalue weighted by Gasteiger charge is 2.23. The first-order valence-corrected chi connectivity index (χ1v) is 6.25. The van der Waals surface area contributed by atoms with Gasteiger partial charge in [0, 0.05) is 26.1 Å². The molecule has 1 unspecified atom stereocenters. The Morgan fingerprint density at radius 1 is 1.58 bits per heavy atom. The number of anilines is 1. The minimum atomic E-state index is -1.05. The van der Waals surface area contributed by atoms with Crippen molar-refractivity contribution in [3.05, 3.63) is 22.8 Å². The lowest BCUT2D eigenvalue weighted by Crippen LogP contribution is -2.43. The molecule has 1 amide bonds. The number of rotatable bonds is 3. The lowest BCUT2D eigenvalue weighted by Gasteiger charge is -2.30. The zero-order valence-electron chi connectivity index (χ0n) is 10.4. The number of nitrogens with one attached hydrogen (secondary N) is 1. The fourth-order valence-corrected chi connectivity index (χ4v) is 2.24. The fraction of sp³-hybridized carbons (Fsp3) is 0.417. The Bertz CT molecular complexity index is 521. The molecule has 2 rings (SSSR count). The molecule has 19 heavy (non-hydrogen) atoms. The third kappa shape index (κ3) is 3.35. The van der Waals surface area contributed by atoms with Gasteiger partial charge in [-0.1, -0.05) is 11.6 Å². The lowest BCUT2D eigenvalue weighted by molar-refractivity contribution is -0.132. The molecule has 0 spiro atoms. The minimum Gasteiger partial charge on any atom is -0.478 e. The number of amides is 1. The number of halogens is 1. The largest absolute Gasteiger partial charge is 0.478 e. The van der Waals surface area contributed by atoms with Crippen LogP contribution in [0.4, 0.5) is 5.82 Å². The minimum absolute atomic E-state index is 0.0512. The van der Waals surface area contributed by atoms with Gasteiger partial charge >= 0.3 is 5.97 Å². The molecule has 1 aromatic heterocycles. The Morgan fingerprint density at radius 3 is 2.95 bits per heavy atom. The van der Waals surface area contributed by atoms with E-state index in [4.69, 9.17) is 16.7 Å². The Morgan fingerprint density at radius 2 is 2.32 bits per heavy atom. The number of carbonyl (C=O) groups excluding carboxylic acids is 1. The summed E-state index contributed by atoms with van der Waals surface area (Å²) in [5.74, 6) is -0.524. The van der Waals surface area contributed by atoms with E-state index < -0.39 is 5.97 Å². The molecule has 102 valence electrons. The SMILES string of the molecule is CN1CC(Nc2cc(C(=O)O)cc(Cl)n2)CCC1=O. The molecule has 2 heterocycles. The molecule has 1 atom stereocenters. The van der Waals surface area contributed by atoms with Gasteiger partial charge in [-0.3, -0.25) is 4.79 Å². The van der Waals surface area contributed by atoms with Crippen LogP contribution in [0.2, 0.25) is 5.15 Å². The molecule has 1 aliphatic heterocycles. The molecule has 1 fully saturated rings. The van der Waals surface area contributed by atoms with E-state index in [0.29, 0.717) is 25.2 Å². The summed E-state index contributed by atoms with van der Waals surface area (Å²) in [6, 6.07) is 2.78. The number of hydrogen-bond donors (Lipinski definition) is 2. The average molecular weight is 284 g/mol. The molecule has 1 saturated heterocycles. The quantitative estimate of drug-likeness (QED) is 0.821. The van der Waals surface area contributed by atoms with E-state index in [1.165, 1.54) is 12.1 Å². The zero-order chi connectivity index (χ0) is 14.0. The molecular formula is C12H14ClN3O3. The molecular weight excluding hydrogens is 270 g/mol. The third-order valence-corrected chi connectivity index (χ3v) is 3.21. The van der Waals surface area contributed by atoms with Gasteiger partial charge in [-0.25, -0.2) is 9.78 Å². The van der Waals surface area contributed by atoms with E-state index in [1.807, 2.05) is 0 Å². The summed E-state index contributed by atoms with van der Waals surface area (Å²) in [4.78, 5) is 28.0. The summed E-state index contributed by atoms with van der Waals surface area (Å²) < 4.78 is 0. The van der Waals surface area contributed by atoms with Crippen LogP contribution in [-0.4, -0.2) is 46.5 Å². The summed E-state index contributed by atoms with van der Waals surface area (Å²) in [5.41, 5.74) is 0.0859. The summed E-state index contributed by atoms with van der Waals surface area (Å²) in [6.07, 6.45) is 1.17. The Hall–Kier alpha value is -1.82. The number of pyridine rings is 1. The Labute approximate surface area is 115 Å². The van der Waals surface area contributed by atoms with Gasteiger partial charge in [0.2, 0.25) is 5.91 Å². The number of aromatic carboxylic acids is 1. The van der Waals surface area contributed by atoms with Crippen molar-refractivity contribution < 1.29 is 14.7 Å². The van der Waals surface area contributed by atoms with Crippen molar-refractivity contribution in [2.24, 2.45) is 0 Å². The average Bonchev–Trinajstić information content (AvgIpc) is 2.33. The second-order valence-corrected chi connectivity index (χ2v) is 4.91. The summed E-state index contributed by atoms with van der Waals surface area (Å²) in [7, 11) is 1.74. The van der Waals surface area contributed by atoms with Crippen LogP contribution in [-0.2, 0) is 4.79 Å². The van der Waals surface area contributed by atoms with Gasteiger partial charge in [-0.05, 0) is 18.6 Å². The molecule has 1 aliphatic rings. The first kappa shape index (κ1) is 13.6. The predicted molar refractivity (Wildman–Crippen MR) is 70.5 cm³/mol. The van der Waals surface area contributed by atoms with Crippen molar-refractivity contribution in [1.29, 1.82) is 0 Å². The van der Waals surface area contributed by atoms with Crippen LogP contribution in [0.15, 0.2) is 12.1 Å². The first-order chi connectivity index (χ1) is 8.95. The van der Waals surface area contributed by atoms with Crippen LogP contribution >= 0.6 is 11.6 Å². The molecule has 0 saturated carbocycles. The van der Waals surface area contributed by atoms with Crippen molar-refractivity contribution in [2.75, 3.05) is 18.9 Å². The van der Waals surface area contributed by atoms with Crippen molar-refractivity contribution in [2.45, 2.75) is 18.9 Å². The summed E-state index contributed by atoms with van der Waals surface area (Å²) in [5, 5.41) is 12.2. The standard InChI is InChI=1S/C12H14ClN3O3/c1-16-6-8(2-3-11(16)17)14-10-5-7(12(18)19)4-9(13)15-10/h4-5,8H,2-3,6H2,1H3,(H,14,15)(H,18,19). The van der Waals surface area contributed by atoms with Gasteiger partial charge in [-0.2, -0.15) is 0 Å². The van der Waals surface area contributed by atoms with Gasteiger partial charge in [0.25, 0.3) is 0 Å². The van der Waals surface area contributed by atoms with Crippen molar-refractivity contribution in [3.63, 3.8) is 0 Å². The van der Waals surface area contributed by atoms with Gasteiger partial charge in [-0.15, -0.1) is 0 Å². The first-order valence-electron chi connectivity index (χ1n) is 5.87. The van der Waals surface area contributed by atoms with Crippen LogP contribution < -0.4 is 5.32 Å². The predicted octanol–water partition coefficient (Wildman–Crippen LogP) is 1.47. The Balaban J connectivity index is 2.11. The van der Waals surface area contributed by atoms with Crippen LogP contribution in [0.25, 0.3) is 0 Å². The highest BCUT2D eigenvalue weighted by molar-refractivity contribution is 6.29. The van der Waals surface area contributed by atoms with Crippen LogP contribution in [0.5, 0.6) is 0 Å². The molecule has 0 bridgehead atoms. The smallest absolute Gasteiger partial charge is 0.335 e. The maximum Gasteiger partial charge on any atom is 0.335 e. The van der Waals surface area contributed by atoms with Crippen LogP contribution in [0, 0.1) is 0 Å². The number of carboxylic acid groups (broad SMARTS) is 1. The fourth-order valence-electron chi connectivity index (χ4n) is 2.03. The van der Waals surface area contributed by atoms with Gasteiger partial charge in [0.05, 0.1) is 5.56 Å². The van der Waals surface area contributed by atoms with Crippen LogP contribution in [0.3, 0.4) is 0 Å². The summed E-state index contributed by atoms with van der Waals surface area (Å²) in [6.45, 7) is 0.565. The van der Waals surface area contributed by atoms with Crippen molar-refractivity contribution in [3.8, 4) is 0 Å². The molecule has 0 aromatic carbocycles. The van der Waals surface area contributed by atoms with Gasteiger partial charge in [0.1, 0.15) is 11.0 Å². The van der Waals surface area contributed by atoms with E-state index in [1.54, 1.807) is 11.9 Å². The van der Waals surface area contributed by atoms with Crippen molar-refractivity contribution in [1.82, 2.24) is 9.88 Å². The van der Waals surface area contributed by atoms with Gasteiger partial charge in [0.15, 0.2) is 0 Å². The topological polar surface area (TPSA) is 82.5 Å². The highest BCUT2D eigenvalue weighted by atomic mass is 35.5. The van der Waals surface area contributed by atoms with E-state index in [2.05, 4.69) is 10.3 Å². The maximum atomic E-state index is 11.4. The molecule has 6 nitrogen and oxygen atoms in total. The molecule has 2 N–H and O–H groups in total. The van der Waals surface area contributed by atoms with Crippen molar-refractivity contribution >= 4 is 29.3 Å². The second-order valence-electron chi connectivity index (χ2n) is 4.52. The number of hydrogen-bond acceptors (Lipinski definition) is 4. The molecule has 1 aromatic rings. The Kier molecular flexibility index (Phi) is 3.90. The monoisotopic (exact) mass is 283 g/mol. The van der Waals surface area contributed by atoms with E-state index in [9.17, 15) is 9.59 Å². The number of likely N-dealkylation sites (N-methyl/N-ethyl adjacent to an activating group) is 1. The second kappa shape index (κ2) is 5.44. The number of carbonyl (C=O) groups is 2. The van der Waals surface area contributed by atoms with E-state index in [0.717, 1.165) is 0 Å². The summed E-state index contributed by atoms with van der Waals surface area (Å²) >= 11 is 5.78. The number of carboxylic acids is 1. The van der Waals surface area contributed by atoms with Crippen LogP contribution in [0.1, 0.15) is 23.2 Å². The molecule has 0 aliphatic carbocycles. The zero-order valence-corrected chi connectivity index (χ0v) is 11.1. The highest BCUT2D eigenvalue weighted by Crippen LogP contribution is 2.18. The van der Waals surface area contributed by atoms with E-state index in [-0.39, 0.29) is 22.7 Å². The number of nitrogens with zero attached hydrogens (tertiary/aromatic N) is 2. The lowest BCUT2D eigenvalue weighted by atomic mass is 10.1. The number of piperidine rings is 1. The molecule has 0 radical (unpaired) electrons. The number of likely N-dealkylation sites (tertiary alicyclic amines) is 1. The van der Waals surface area contributed by atoms with Gasteiger partial charge < -0.3 is 15.3 Å².